The Morgan fingerprint density at radius 1 is 1.21 bits per heavy atom. The molecule has 2 unspecified atom stereocenters. The van der Waals surface area contributed by atoms with E-state index in [1.54, 1.807) is 12.1 Å². The summed E-state index contributed by atoms with van der Waals surface area (Å²) >= 11 is 5.69. The highest BCUT2D eigenvalue weighted by Crippen LogP contribution is 2.54. The Morgan fingerprint density at radius 2 is 1.92 bits per heavy atom. The van der Waals surface area contributed by atoms with E-state index in [2.05, 4.69) is 11.1 Å². The molecule has 0 radical (unpaired) electrons. The van der Waals surface area contributed by atoms with Crippen LogP contribution in [-0.4, -0.2) is 10.2 Å². The van der Waals surface area contributed by atoms with E-state index in [-0.39, 0.29) is 17.0 Å². The number of aromatic nitrogens is 1. The second-order valence-electron chi connectivity index (χ2n) is 7.57. The normalized spacial score (nSPS) is 30.5. The molecular formula is C20H21ClFNO. The molecule has 2 aromatic rings. The third-order valence-electron chi connectivity index (χ3n) is 6.29. The van der Waals surface area contributed by atoms with Gasteiger partial charge in [-0.3, -0.25) is 9.78 Å². The van der Waals surface area contributed by atoms with Crippen molar-refractivity contribution in [2.45, 2.75) is 38.5 Å². The van der Waals surface area contributed by atoms with Crippen LogP contribution in [0.3, 0.4) is 0 Å². The first-order valence-electron chi connectivity index (χ1n) is 8.76. The highest BCUT2D eigenvalue weighted by molar-refractivity contribution is 6.63. The quantitative estimate of drug-likeness (QED) is 0.707. The van der Waals surface area contributed by atoms with Crippen LogP contribution in [-0.2, 0) is 4.79 Å². The Kier molecular flexibility index (Phi) is 4.07. The average Bonchev–Trinajstić information content (AvgIpc) is 3.12. The van der Waals surface area contributed by atoms with Crippen LogP contribution < -0.4 is 0 Å². The lowest BCUT2D eigenvalue weighted by atomic mass is 9.87. The molecule has 2 nitrogen and oxygen atoms in total. The van der Waals surface area contributed by atoms with Crippen LogP contribution in [0.2, 0.25) is 0 Å². The molecular weight excluding hydrogens is 325 g/mol. The van der Waals surface area contributed by atoms with Crippen molar-refractivity contribution in [2.24, 2.45) is 23.7 Å². The molecule has 2 aliphatic carbocycles. The Hall–Kier alpha value is -1.48. The van der Waals surface area contributed by atoms with Gasteiger partial charge < -0.3 is 0 Å². The zero-order valence-corrected chi connectivity index (χ0v) is 14.5. The Balaban J connectivity index is 1.56. The molecule has 4 rings (SSSR count). The zero-order valence-electron chi connectivity index (χ0n) is 13.7. The van der Waals surface area contributed by atoms with Crippen LogP contribution >= 0.6 is 11.6 Å². The highest BCUT2D eigenvalue weighted by atomic mass is 35.5. The van der Waals surface area contributed by atoms with Crippen molar-refractivity contribution in [3.05, 3.63) is 41.8 Å². The number of nitrogens with zero attached hydrogens (tertiary/aromatic N) is 1. The van der Waals surface area contributed by atoms with Crippen LogP contribution in [0, 0.1) is 29.5 Å². The monoisotopic (exact) mass is 345 g/mol. The molecule has 0 spiro atoms. The number of carbonyl (C=O) groups excluding carboxylic acids is 1. The van der Waals surface area contributed by atoms with Crippen molar-refractivity contribution in [1.29, 1.82) is 0 Å². The molecule has 0 N–H and O–H groups in total. The van der Waals surface area contributed by atoms with Crippen molar-refractivity contribution < 1.29 is 9.18 Å². The molecule has 2 fully saturated rings. The number of halogens is 2. The molecule has 5 atom stereocenters. The van der Waals surface area contributed by atoms with E-state index in [0.717, 1.165) is 36.6 Å². The molecule has 0 aliphatic heterocycles. The van der Waals surface area contributed by atoms with Gasteiger partial charge in [-0.25, -0.2) is 4.39 Å². The van der Waals surface area contributed by atoms with Gasteiger partial charge in [0.2, 0.25) is 5.24 Å². The van der Waals surface area contributed by atoms with Gasteiger partial charge in [0.05, 0.1) is 5.52 Å². The van der Waals surface area contributed by atoms with Crippen molar-refractivity contribution in [1.82, 2.24) is 4.98 Å². The molecule has 2 aliphatic rings. The third kappa shape index (κ3) is 2.73. The number of benzene rings is 1. The SMILES string of the molecule is CC(C(=O)Cl)[C@H]1C[C@H]2CC(c3ccnc4ccc(F)cc34)C[C@H]2C1. The summed E-state index contributed by atoms with van der Waals surface area (Å²) in [5.41, 5.74) is 2.09. The lowest BCUT2D eigenvalue weighted by molar-refractivity contribution is -0.116. The first-order chi connectivity index (χ1) is 11.5. The molecule has 0 amide bonds. The predicted molar refractivity (Wildman–Crippen MR) is 93.4 cm³/mol. The predicted octanol–water partition coefficient (Wildman–Crippen LogP) is 5.30. The van der Waals surface area contributed by atoms with Gasteiger partial charge in [0.15, 0.2) is 0 Å². The van der Waals surface area contributed by atoms with Crippen LogP contribution in [0.15, 0.2) is 30.5 Å². The fourth-order valence-electron chi connectivity index (χ4n) is 5.01. The number of fused-ring (bicyclic) bond motifs is 2. The average molecular weight is 346 g/mol. The van der Waals surface area contributed by atoms with E-state index < -0.39 is 0 Å². The van der Waals surface area contributed by atoms with Crippen molar-refractivity contribution >= 4 is 27.7 Å². The van der Waals surface area contributed by atoms with Gasteiger partial charge in [-0.2, -0.15) is 0 Å². The molecule has 4 heteroatoms. The molecule has 1 aromatic carbocycles. The molecule has 24 heavy (non-hydrogen) atoms. The Morgan fingerprint density at radius 3 is 2.58 bits per heavy atom. The van der Waals surface area contributed by atoms with Crippen LogP contribution in [0.25, 0.3) is 10.9 Å². The number of pyridine rings is 1. The summed E-state index contributed by atoms with van der Waals surface area (Å²) in [4.78, 5) is 15.8. The summed E-state index contributed by atoms with van der Waals surface area (Å²) in [6.45, 7) is 1.96. The molecule has 2 saturated carbocycles. The maximum Gasteiger partial charge on any atom is 0.224 e. The minimum absolute atomic E-state index is 0.0356. The summed E-state index contributed by atoms with van der Waals surface area (Å²) in [6.07, 6.45) is 6.27. The maximum absolute atomic E-state index is 13.7. The summed E-state index contributed by atoms with van der Waals surface area (Å²) in [5.74, 6) is 1.98. The van der Waals surface area contributed by atoms with E-state index in [0.29, 0.717) is 23.7 Å². The third-order valence-corrected chi connectivity index (χ3v) is 6.64. The Bertz CT molecular complexity index is 778. The van der Waals surface area contributed by atoms with Crippen LogP contribution in [0.4, 0.5) is 4.39 Å². The summed E-state index contributed by atoms with van der Waals surface area (Å²) in [7, 11) is 0. The lowest BCUT2D eigenvalue weighted by Gasteiger charge is -2.19. The highest BCUT2D eigenvalue weighted by Gasteiger charge is 2.44. The van der Waals surface area contributed by atoms with Gasteiger partial charge in [-0.05, 0) is 90.8 Å². The van der Waals surface area contributed by atoms with Gasteiger partial charge >= 0.3 is 0 Å². The first-order valence-corrected chi connectivity index (χ1v) is 9.14. The van der Waals surface area contributed by atoms with E-state index in [4.69, 9.17) is 11.6 Å². The van der Waals surface area contributed by atoms with Gasteiger partial charge in [0.1, 0.15) is 5.82 Å². The fraction of sp³-hybridized carbons (Fsp3) is 0.500. The van der Waals surface area contributed by atoms with Gasteiger partial charge in [0, 0.05) is 17.5 Å². The number of hydrogen-bond acceptors (Lipinski definition) is 2. The summed E-state index contributed by atoms with van der Waals surface area (Å²) in [6, 6.07) is 6.89. The first kappa shape index (κ1) is 16.0. The largest absolute Gasteiger partial charge is 0.281 e. The summed E-state index contributed by atoms with van der Waals surface area (Å²) in [5, 5.41) is 0.746. The molecule has 126 valence electrons. The van der Waals surface area contributed by atoms with Gasteiger partial charge in [0.25, 0.3) is 0 Å². The molecule has 1 heterocycles. The Labute approximate surface area is 146 Å². The minimum atomic E-state index is -0.204. The smallest absolute Gasteiger partial charge is 0.224 e. The minimum Gasteiger partial charge on any atom is -0.281 e. The lowest BCUT2D eigenvalue weighted by Crippen LogP contribution is -2.15. The molecule has 1 aromatic heterocycles. The molecule has 0 bridgehead atoms. The zero-order chi connectivity index (χ0) is 16.8. The van der Waals surface area contributed by atoms with Crippen molar-refractivity contribution in [3.8, 4) is 0 Å². The van der Waals surface area contributed by atoms with Crippen molar-refractivity contribution in [3.63, 3.8) is 0 Å². The van der Waals surface area contributed by atoms with E-state index >= 15 is 0 Å². The topological polar surface area (TPSA) is 30.0 Å². The number of carbonyl (C=O) groups is 1. The molecule has 0 saturated heterocycles. The van der Waals surface area contributed by atoms with Crippen LogP contribution in [0.1, 0.15) is 44.1 Å². The van der Waals surface area contributed by atoms with Crippen LogP contribution in [0.5, 0.6) is 0 Å². The van der Waals surface area contributed by atoms with E-state index in [9.17, 15) is 9.18 Å². The fourth-order valence-corrected chi connectivity index (χ4v) is 5.18. The van der Waals surface area contributed by atoms with E-state index in [1.165, 1.54) is 11.6 Å². The second-order valence-corrected chi connectivity index (χ2v) is 7.95. The second kappa shape index (κ2) is 6.11. The van der Waals surface area contributed by atoms with Crippen molar-refractivity contribution in [2.75, 3.05) is 0 Å². The number of hydrogen-bond donors (Lipinski definition) is 0. The van der Waals surface area contributed by atoms with Gasteiger partial charge in [-0.15, -0.1) is 0 Å². The van der Waals surface area contributed by atoms with E-state index in [1.807, 2.05) is 13.1 Å². The number of rotatable bonds is 3. The van der Waals surface area contributed by atoms with Gasteiger partial charge in [-0.1, -0.05) is 6.92 Å². The standard InChI is InChI=1S/C20H21ClFNO/c1-11(20(21)24)12-6-13-8-15(9-14(13)7-12)17-4-5-23-19-3-2-16(22)10-18(17)19/h2-5,10-15H,6-9H2,1H3/t11?,12-,13-,14+,15?. The maximum atomic E-state index is 13.7. The summed E-state index contributed by atoms with van der Waals surface area (Å²) < 4.78 is 13.7.